The molecule has 8 nitrogen and oxygen atoms in total. The fourth-order valence-electron chi connectivity index (χ4n) is 15.0. The van der Waals surface area contributed by atoms with Gasteiger partial charge in [0.25, 0.3) is 0 Å². The maximum Gasteiger partial charge on any atom is 0.239 e. The summed E-state index contributed by atoms with van der Waals surface area (Å²) in [5.41, 5.74) is 14.0. The molecule has 0 aliphatic heterocycles. The lowest BCUT2D eigenvalue weighted by molar-refractivity contribution is 0.930. The molecule has 10 heteroatoms. The molecule has 0 radical (unpaired) electrons. The normalized spacial score (nSPS) is 12.0. The first-order valence-electron chi connectivity index (χ1n) is 31.9. The number of benzene rings is 13. The van der Waals surface area contributed by atoms with Crippen LogP contribution in [0.15, 0.2) is 352 Å². The zero-order chi connectivity index (χ0) is 62.2. The summed E-state index contributed by atoms with van der Waals surface area (Å²) in [6.45, 7) is 0. The minimum Gasteiger partial charge on any atom is -0.276 e. The van der Waals surface area contributed by atoms with Crippen LogP contribution in [0.1, 0.15) is 0 Å². The molecule has 0 aliphatic rings. The van der Waals surface area contributed by atoms with Gasteiger partial charge in [-0.25, -0.2) is 19.5 Å². The molecule has 13 aromatic carbocycles. The molecule has 5 aromatic heterocycles. The molecule has 0 amide bonds. The second kappa shape index (κ2) is 22.4. The summed E-state index contributed by atoms with van der Waals surface area (Å²) < 4.78 is 8.89. The van der Waals surface area contributed by atoms with Crippen LogP contribution in [-0.2, 0) is 0 Å². The molecule has 0 unspecified atom stereocenters. The molecule has 0 saturated heterocycles. The Morgan fingerprint density at radius 3 is 0.979 bits per heavy atom. The van der Waals surface area contributed by atoms with E-state index < -0.39 is 16.1 Å². The number of hydrogen-bond acceptors (Lipinski definition) is 4. The van der Waals surface area contributed by atoms with Crippen LogP contribution >= 0.6 is 0 Å². The number of aromatic nitrogens is 8. The van der Waals surface area contributed by atoms with Gasteiger partial charge in [0, 0.05) is 11.6 Å². The lowest BCUT2D eigenvalue weighted by atomic mass is 10.1. The maximum atomic E-state index is 6.01. The van der Waals surface area contributed by atoms with Gasteiger partial charge in [-0.15, -0.1) is 0 Å². The number of nitrogens with zero attached hydrogens (tertiary/aromatic N) is 8. The lowest BCUT2D eigenvalue weighted by Crippen LogP contribution is -2.78. The van der Waals surface area contributed by atoms with Crippen molar-refractivity contribution in [3.63, 3.8) is 0 Å². The molecule has 442 valence electrons. The van der Waals surface area contributed by atoms with Gasteiger partial charge in [-0.1, -0.05) is 297 Å². The number of fused-ring (bicyclic) bond motifs is 10. The second-order valence-electron chi connectivity index (χ2n) is 24.2. The summed E-state index contributed by atoms with van der Waals surface area (Å²) in [6, 6.07) is 129. The summed E-state index contributed by atoms with van der Waals surface area (Å²) in [7, 11) is -6.96. The Kier molecular flexibility index (Phi) is 13.1. The van der Waals surface area contributed by atoms with Gasteiger partial charge in [0.2, 0.25) is 17.5 Å². The molecular formula is C84H58N8Si2. The van der Waals surface area contributed by atoms with Crippen LogP contribution in [0.25, 0.3) is 101 Å². The Balaban J connectivity index is 1.03. The van der Waals surface area contributed by atoms with Gasteiger partial charge in [-0.3, -0.25) is 13.4 Å². The van der Waals surface area contributed by atoms with Crippen molar-refractivity contribution < 1.29 is 0 Å². The molecule has 0 N–H and O–H groups in total. The first kappa shape index (κ1) is 54.8. The van der Waals surface area contributed by atoms with Crippen LogP contribution in [0, 0.1) is 0 Å². The van der Waals surface area contributed by atoms with Crippen LogP contribution in [-0.4, -0.2) is 54.0 Å². The molecular weight excluding hydrogens is 1180 g/mol. The van der Waals surface area contributed by atoms with Gasteiger partial charge >= 0.3 is 0 Å². The summed E-state index contributed by atoms with van der Waals surface area (Å²) in [6.07, 6.45) is 0. The second-order valence-corrected chi connectivity index (χ2v) is 31.8. The molecule has 0 atom stereocenters. The number of para-hydroxylation sites is 8. The average molecular weight is 1240 g/mol. The zero-order valence-corrected chi connectivity index (χ0v) is 53.1. The van der Waals surface area contributed by atoms with Gasteiger partial charge in [0.1, 0.15) is 5.82 Å². The smallest absolute Gasteiger partial charge is 0.239 e. The molecule has 5 heterocycles. The van der Waals surface area contributed by atoms with E-state index in [1.807, 2.05) is 0 Å². The Bertz CT molecular complexity index is 5430. The van der Waals surface area contributed by atoms with E-state index >= 15 is 0 Å². The third-order valence-electron chi connectivity index (χ3n) is 19.1. The lowest BCUT2D eigenvalue weighted by Gasteiger charge is -2.38. The molecule has 0 fully saturated rings. The van der Waals surface area contributed by atoms with Crippen LogP contribution in [0.5, 0.6) is 0 Å². The van der Waals surface area contributed by atoms with Crippen molar-refractivity contribution in [1.82, 2.24) is 37.9 Å². The van der Waals surface area contributed by atoms with E-state index in [2.05, 4.69) is 370 Å². The molecule has 18 aromatic rings. The predicted octanol–water partition coefficient (Wildman–Crippen LogP) is 13.7. The zero-order valence-electron chi connectivity index (χ0n) is 51.1. The minimum atomic E-state index is -3.48. The molecule has 0 saturated carbocycles. The van der Waals surface area contributed by atoms with Crippen molar-refractivity contribution in [2.24, 2.45) is 0 Å². The van der Waals surface area contributed by atoms with E-state index in [1.54, 1.807) is 0 Å². The van der Waals surface area contributed by atoms with Crippen LogP contribution in [0.3, 0.4) is 0 Å². The van der Waals surface area contributed by atoms with Crippen LogP contribution < -0.4 is 41.5 Å². The van der Waals surface area contributed by atoms with E-state index in [4.69, 9.17) is 19.9 Å². The first-order valence-corrected chi connectivity index (χ1v) is 35.9. The molecule has 94 heavy (non-hydrogen) atoms. The van der Waals surface area contributed by atoms with Crippen molar-refractivity contribution >= 4 is 113 Å². The third-order valence-corrected chi connectivity index (χ3v) is 28.5. The van der Waals surface area contributed by atoms with Gasteiger partial charge in [0.05, 0.1) is 49.8 Å². The molecule has 18 rings (SSSR count). The van der Waals surface area contributed by atoms with E-state index in [0.717, 1.165) is 83.4 Å². The SMILES string of the molecule is c1ccc(-c2cccc([Si](c3ccccc3)(c3ccccc3)c3cc(-c4cc(-n5c6ccccc6n6c7ccccc7nc56)nc(-n5c6ccccc6n6c7ccccc7nc56)n4)cc([Si](c4ccccc4)(c4ccccc4)c4cccc(-c5ccccc5)c4)c3)c2)cc1. The van der Waals surface area contributed by atoms with Crippen molar-refractivity contribution in [3.05, 3.63) is 352 Å². The fraction of sp³-hybridized carbons (Fsp3) is 0. The third kappa shape index (κ3) is 8.65. The van der Waals surface area contributed by atoms with E-state index in [1.165, 1.54) is 41.5 Å². The van der Waals surface area contributed by atoms with Crippen molar-refractivity contribution in [2.45, 2.75) is 0 Å². The Hall–Kier alpha value is -12.1. The fourth-order valence-corrected chi connectivity index (χ4v) is 24.8. The summed E-state index contributed by atoms with van der Waals surface area (Å²) in [5.74, 6) is 2.60. The van der Waals surface area contributed by atoms with Crippen LogP contribution in [0.2, 0.25) is 0 Å². The number of imidazole rings is 4. The van der Waals surface area contributed by atoms with Crippen molar-refractivity contribution in [2.75, 3.05) is 0 Å². The van der Waals surface area contributed by atoms with E-state index in [-0.39, 0.29) is 0 Å². The molecule has 0 aliphatic carbocycles. The standard InChI is InChI=1S/C84H58N8Si2/c1-7-29-59(30-8-1)61-33-27-43-68(53-61)93(64-35-11-3-12-36-64,65-37-13-4-14-38-65)70-55-63(56-71(57-70)94(66-39-15-5-16-40-66,67-41-17-6-18-42-67)69-44-28-34-62(54-69)60-31-9-2-10-32-60)74-58-81(91-79-51-25-23-49-77(79)89-75-47-21-19-45-72(75)86-83(89)91)88-82(85-74)92-80-52-26-24-50-78(80)90-76-48-22-20-46-73(76)87-84(90)92/h1-58H. The van der Waals surface area contributed by atoms with Crippen LogP contribution in [0.4, 0.5) is 0 Å². The predicted molar refractivity (Wildman–Crippen MR) is 392 cm³/mol. The highest BCUT2D eigenvalue weighted by atomic mass is 28.3. The van der Waals surface area contributed by atoms with E-state index in [0.29, 0.717) is 17.5 Å². The topological polar surface area (TPSA) is 70.2 Å². The van der Waals surface area contributed by atoms with Gasteiger partial charge in [-0.2, -0.15) is 4.98 Å². The summed E-state index contributed by atoms with van der Waals surface area (Å²) >= 11 is 0. The van der Waals surface area contributed by atoms with Crippen molar-refractivity contribution in [1.29, 1.82) is 0 Å². The summed E-state index contributed by atoms with van der Waals surface area (Å²) in [4.78, 5) is 22.7. The van der Waals surface area contributed by atoms with Gasteiger partial charge in [0.15, 0.2) is 16.1 Å². The van der Waals surface area contributed by atoms with Gasteiger partial charge in [-0.05, 0) is 112 Å². The quantitative estimate of drug-likeness (QED) is 0.0852. The summed E-state index contributed by atoms with van der Waals surface area (Å²) in [5, 5.41) is 10.00. The highest BCUT2D eigenvalue weighted by molar-refractivity contribution is 7.22. The first-order chi connectivity index (χ1) is 46.6. The number of rotatable bonds is 13. The monoisotopic (exact) mass is 1230 g/mol. The van der Waals surface area contributed by atoms with Gasteiger partial charge < -0.3 is 0 Å². The number of hydrogen-bond donors (Lipinski definition) is 0. The highest BCUT2D eigenvalue weighted by Gasteiger charge is 2.46. The average Bonchev–Trinajstić information content (AvgIpc) is 1.12. The molecule has 0 spiro atoms. The Morgan fingerprint density at radius 1 is 0.213 bits per heavy atom. The highest BCUT2D eigenvalue weighted by Crippen LogP contribution is 2.34. The Labute approximate surface area is 545 Å². The van der Waals surface area contributed by atoms with Crippen molar-refractivity contribution in [3.8, 4) is 45.3 Å². The maximum absolute atomic E-state index is 6.01. The Morgan fingerprint density at radius 2 is 0.543 bits per heavy atom. The largest absolute Gasteiger partial charge is 0.276 e. The van der Waals surface area contributed by atoms with E-state index in [9.17, 15) is 0 Å². The minimum absolute atomic E-state index is 0.475. The molecule has 0 bridgehead atoms.